The van der Waals surface area contributed by atoms with Crippen molar-refractivity contribution < 1.29 is 1.37 Å². The maximum absolute atomic E-state index is 8.09. The first-order chi connectivity index (χ1) is 10.2. The van der Waals surface area contributed by atoms with E-state index in [2.05, 4.69) is 24.3 Å². The molecule has 1 heterocycles. The Morgan fingerprint density at radius 2 is 1.70 bits per heavy atom. The quantitative estimate of drug-likeness (QED) is 0.382. The van der Waals surface area contributed by atoms with Crippen LogP contribution in [0.4, 0.5) is 0 Å². The summed E-state index contributed by atoms with van der Waals surface area (Å²) in [4.78, 5) is 0. The standard InChI is InChI=1S/C18H11ClS/c19-13-10-8-12(9-11-13)14-5-3-7-17-18(14)15-4-1-2-6-16(15)20-17/h1-11H/i6D. The van der Waals surface area contributed by atoms with Gasteiger partial charge in [-0.15, -0.1) is 11.3 Å². The molecule has 20 heavy (non-hydrogen) atoms. The van der Waals surface area contributed by atoms with Crippen molar-refractivity contribution in [1.82, 2.24) is 0 Å². The lowest BCUT2D eigenvalue weighted by Crippen LogP contribution is -1.78. The SMILES string of the molecule is [2H]c1cccc2c1sc1cccc(-c3ccc(Cl)cc3)c12. The Bertz CT molecular complexity index is 954. The van der Waals surface area contributed by atoms with Crippen LogP contribution in [0.25, 0.3) is 31.3 Å². The van der Waals surface area contributed by atoms with E-state index >= 15 is 0 Å². The van der Waals surface area contributed by atoms with Crippen LogP contribution in [0.5, 0.6) is 0 Å². The summed E-state index contributed by atoms with van der Waals surface area (Å²) < 4.78 is 10.4. The number of hydrogen-bond donors (Lipinski definition) is 0. The van der Waals surface area contributed by atoms with Crippen LogP contribution in [0.3, 0.4) is 0 Å². The molecular formula is C18H11ClS. The number of fused-ring (bicyclic) bond motifs is 3. The Morgan fingerprint density at radius 1 is 0.850 bits per heavy atom. The van der Waals surface area contributed by atoms with Crippen LogP contribution >= 0.6 is 22.9 Å². The largest absolute Gasteiger partial charge is 0.135 e. The molecule has 0 saturated carbocycles. The van der Waals surface area contributed by atoms with Gasteiger partial charge in [-0.05, 0) is 35.4 Å². The molecule has 1 aromatic heterocycles. The molecule has 0 aliphatic heterocycles. The van der Waals surface area contributed by atoms with Crippen molar-refractivity contribution in [3.05, 3.63) is 71.7 Å². The third kappa shape index (κ3) is 1.82. The van der Waals surface area contributed by atoms with Gasteiger partial charge in [0.1, 0.15) is 0 Å². The molecule has 0 radical (unpaired) electrons. The molecular weight excluding hydrogens is 284 g/mol. The number of halogens is 1. The summed E-state index contributed by atoms with van der Waals surface area (Å²) in [6.45, 7) is 0. The van der Waals surface area contributed by atoms with E-state index in [1.54, 1.807) is 11.3 Å². The molecule has 0 saturated heterocycles. The fourth-order valence-electron chi connectivity index (χ4n) is 2.58. The van der Waals surface area contributed by atoms with E-state index in [9.17, 15) is 0 Å². The first kappa shape index (κ1) is 10.9. The highest BCUT2D eigenvalue weighted by atomic mass is 35.5. The van der Waals surface area contributed by atoms with Crippen molar-refractivity contribution >= 4 is 43.1 Å². The van der Waals surface area contributed by atoms with Gasteiger partial charge in [0.25, 0.3) is 0 Å². The molecule has 0 N–H and O–H groups in total. The second-order valence-corrected chi connectivity index (χ2v) is 6.19. The summed E-state index contributed by atoms with van der Waals surface area (Å²) in [6.07, 6.45) is 0. The second-order valence-electron chi connectivity index (χ2n) is 4.70. The number of rotatable bonds is 1. The average molecular weight is 296 g/mol. The van der Waals surface area contributed by atoms with Crippen LogP contribution < -0.4 is 0 Å². The van der Waals surface area contributed by atoms with E-state index < -0.39 is 0 Å². The second kappa shape index (κ2) is 4.62. The van der Waals surface area contributed by atoms with Gasteiger partial charge in [-0.1, -0.05) is 54.1 Å². The minimum atomic E-state index is 0.593. The summed E-state index contributed by atoms with van der Waals surface area (Å²) in [5.41, 5.74) is 2.35. The zero-order valence-corrected chi connectivity index (χ0v) is 12.1. The van der Waals surface area contributed by atoms with Crippen LogP contribution in [-0.2, 0) is 0 Å². The third-order valence-corrected chi connectivity index (χ3v) is 4.83. The molecule has 0 fully saturated rings. The minimum Gasteiger partial charge on any atom is -0.135 e. The van der Waals surface area contributed by atoms with Crippen LogP contribution in [0, 0.1) is 0 Å². The maximum atomic E-state index is 8.09. The summed E-state index contributed by atoms with van der Waals surface area (Å²) in [6, 6.07) is 20.8. The van der Waals surface area contributed by atoms with Gasteiger partial charge in [0.15, 0.2) is 0 Å². The maximum Gasteiger partial charge on any atom is 0.0638 e. The molecule has 0 spiro atoms. The van der Waals surface area contributed by atoms with Crippen LogP contribution in [0.2, 0.25) is 5.02 Å². The summed E-state index contributed by atoms with van der Waals surface area (Å²) in [5.74, 6) is 0. The lowest BCUT2D eigenvalue weighted by atomic mass is 10.00. The fourth-order valence-corrected chi connectivity index (χ4v) is 3.80. The van der Waals surface area contributed by atoms with Gasteiger partial charge in [0, 0.05) is 25.2 Å². The summed E-state index contributed by atoms with van der Waals surface area (Å²) in [5, 5.41) is 3.14. The minimum absolute atomic E-state index is 0.593. The van der Waals surface area contributed by atoms with E-state index in [-0.39, 0.29) is 0 Å². The Labute approximate surface area is 127 Å². The van der Waals surface area contributed by atoms with Crippen molar-refractivity contribution in [2.45, 2.75) is 0 Å². The highest BCUT2D eigenvalue weighted by molar-refractivity contribution is 7.25. The molecule has 2 heteroatoms. The molecule has 0 bridgehead atoms. The van der Waals surface area contributed by atoms with Gasteiger partial charge in [0.2, 0.25) is 0 Å². The van der Waals surface area contributed by atoms with Crippen molar-refractivity contribution in [2.75, 3.05) is 0 Å². The molecule has 0 atom stereocenters. The first-order valence-corrected chi connectivity index (χ1v) is 7.60. The number of hydrogen-bond acceptors (Lipinski definition) is 1. The summed E-state index contributed by atoms with van der Waals surface area (Å²) in [7, 11) is 0. The van der Waals surface area contributed by atoms with Gasteiger partial charge in [0.05, 0.1) is 1.37 Å². The van der Waals surface area contributed by atoms with Crippen molar-refractivity contribution in [3.63, 3.8) is 0 Å². The van der Waals surface area contributed by atoms with Gasteiger partial charge >= 0.3 is 0 Å². The zero-order chi connectivity index (χ0) is 14.4. The topological polar surface area (TPSA) is 0 Å². The van der Waals surface area contributed by atoms with Crippen molar-refractivity contribution in [3.8, 4) is 11.1 Å². The smallest absolute Gasteiger partial charge is 0.0638 e. The van der Waals surface area contributed by atoms with Crippen molar-refractivity contribution in [2.24, 2.45) is 0 Å². The Morgan fingerprint density at radius 3 is 2.55 bits per heavy atom. The monoisotopic (exact) mass is 295 g/mol. The molecule has 0 nitrogen and oxygen atoms in total. The van der Waals surface area contributed by atoms with E-state index in [4.69, 9.17) is 13.0 Å². The Kier molecular flexibility index (Phi) is 2.52. The fraction of sp³-hybridized carbons (Fsp3) is 0. The molecule has 4 rings (SSSR count). The van der Waals surface area contributed by atoms with E-state index in [0.717, 1.165) is 20.7 Å². The lowest BCUT2D eigenvalue weighted by molar-refractivity contribution is 1.67. The molecule has 0 aliphatic rings. The van der Waals surface area contributed by atoms with Crippen LogP contribution in [0.15, 0.2) is 66.7 Å². The van der Waals surface area contributed by atoms with Crippen LogP contribution in [0.1, 0.15) is 1.37 Å². The normalized spacial score (nSPS) is 11.9. The van der Waals surface area contributed by atoms with Crippen molar-refractivity contribution in [1.29, 1.82) is 0 Å². The molecule has 0 amide bonds. The summed E-state index contributed by atoms with van der Waals surface area (Å²) >= 11 is 7.68. The number of benzene rings is 3. The van der Waals surface area contributed by atoms with Crippen LogP contribution in [-0.4, -0.2) is 0 Å². The highest BCUT2D eigenvalue weighted by Crippen LogP contribution is 2.39. The lowest BCUT2D eigenvalue weighted by Gasteiger charge is -2.04. The van der Waals surface area contributed by atoms with Gasteiger partial charge < -0.3 is 0 Å². The Hall–Kier alpha value is -1.83. The predicted octanol–water partition coefficient (Wildman–Crippen LogP) is 6.37. The predicted molar refractivity (Wildman–Crippen MR) is 89.8 cm³/mol. The highest BCUT2D eigenvalue weighted by Gasteiger charge is 2.09. The molecule has 4 aromatic rings. The van der Waals surface area contributed by atoms with E-state index in [1.165, 1.54) is 15.6 Å². The van der Waals surface area contributed by atoms with E-state index in [1.807, 2.05) is 36.4 Å². The average Bonchev–Trinajstić information content (AvgIpc) is 2.88. The zero-order valence-electron chi connectivity index (χ0n) is 11.6. The molecule has 3 aromatic carbocycles. The Balaban J connectivity index is 2.12. The first-order valence-electron chi connectivity index (χ1n) is 6.91. The van der Waals surface area contributed by atoms with E-state index in [0.29, 0.717) is 6.04 Å². The third-order valence-electron chi connectivity index (χ3n) is 3.48. The van der Waals surface area contributed by atoms with Gasteiger partial charge in [-0.25, -0.2) is 0 Å². The number of thiophene rings is 1. The van der Waals surface area contributed by atoms with Gasteiger partial charge in [-0.2, -0.15) is 0 Å². The molecule has 0 aliphatic carbocycles. The molecule has 96 valence electrons. The van der Waals surface area contributed by atoms with Gasteiger partial charge in [-0.3, -0.25) is 0 Å². The molecule has 0 unspecified atom stereocenters.